The maximum Gasteiger partial charge on any atom is 0.339 e. The van der Waals surface area contributed by atoms with Crippen LogP contribution >= 0.6 is 0 Å². The summed E-state index contributed by atoms with van der Waals surface area (Å²) in [5.74, 6) is -1.11. The van der Waals surface area contributed by atoms with Gasteiger partial charge in [0.1, 0.15) is 11.3 Å². The molecule has 1 heterocycles. The Morgan fingerprint density at radius 3 is 2.61 bits per heavy atom. The Morgan fingerprint density at radius 1 is 1.30 bits per heavy atom. The van der Waals surface area contributed by atoms with Crippen molar-refractivity contribution in [1.29, 1.82) is 0 Å². The largest absolute Gasteiger partial charge is 0.478 e. The number of carboxylic acids is 1. The minimum atomic E-state index is -3.78. The Bertz CT molecular complexity index is 824. The molecule has 2 rings (SSSR count). The molecule has 124 valence electrons. The zero-order valence-corrected chi connectivity index (χ0v) is 13.8. The third-order valence-electron chi connectivity index (χ3n) is 3.37. The number of benzene rings is 1. The molecule has 8 heteroatoms. The number of nitrogens with one attached hydrogen (secondary N) is 1. The lowest BCUT2D eigenvalue weighted by molar-refractivity contribution is 0.0694. The summed E-state index contributed by atoms with van der Waals surface area (Å²) in [6.45, 7) is 1.66. The first-order chi connectivity index (χ1) is 10.7. The van der Waals surface area contributed by atoms with E-state index in [0.29, 0.717) is 0 Å². The van der Waals surface area contributed by atoms with Crippen molar-refractivity contribution < 1.29 is 22.7 Å². The number of aryl methyl sites for hydroxylation is 1. The quantitative estimate of drug-likeness (QED) is 0.833. The van der Waals surface area contributed by atoms with Crippen molar-refractivity contribution in [2.24, 2.45) is 0 Å². The lowest BCUT2D eigenvalue weighted by Crippen LogP contribution is -2.24. The van der Waals surface area contributed by atoms with E-state index in [0.717, 1.165) is 11.3 Å². The highest BCUT2D eigenvalue weighted by atomic mass is 32.2. The topological polar surface area (TPSA) is 99.8 Å². The third-order valence-corrected chi connectivity index (χ3v) is 4.77. The lowest BCUT2D eigenvalue weighted by atomic mass is 10.2. The molecule has 2 N–H and O–H groups in total. The smallest absolute Gasteiger partial charge is 0.339 e. The predicted molar refractivity (Wildman–Crippen MR) is 85.2 cm³/mol. The van der Waals surface area contributed by atoms with Crippen LogP contribution in [0.4, 0.5) is 5.69 Å². The second kappa shape index (κ2) is 6.43. The van der Waals surface area contributed by atoms with E-state index in [1.165, 1.54) is 18.4 Å². The van der Waals surface area contributed by atoms with E-state index in [2.05, 4.69) is 4.72 Å². The maximum atomic E-state index is 12.4. The molecule has 0 atom stereocenters. The van der Waals surface area contributed by atoms with Gasteiger partial charge >= 0.3 is 5.97 Å². The summed E-state index contributed by atoms with van der Waals surface area (Å²) in [5, 5.41) is 8.99. The molecule has 0 amide bonds. The van der Waals surface area contributed by atoms with Crippen molar-refractivity contribution in [1.82, 2.24) is 4.72 Å². The molecule has 0 saturated carbocycles. The minimum absolute atomic E-state index is 0.0565. The lowest BCUT2D eigenvalue weighted by Gasteiger charge is -2.17. The minimum Gasteiger partial charge on any atom is -0.478 e. The van der Waals surface area contributed by atoms with Crippen LogP contribution in [0.25, 0.3) is 0 Å². The van der Waals surface area contributed by atoms with E-state index in [-0.39, 0.29) is 22.8 Å². The zero-order chi connectivity index (χ0) is 17.2. The summed E-state index contributed by atoms with van der Waals surface area (Å²) in [6, 6.07) is 6.07. The average molecular weight is 338 g/mol. The van der Waals surface area contributed by atoms with Gasteiger partial charge in [-0.05, 0) is 30.7 Å². The second-order valence-corrected chi connectivity index (χ2v) is 7.00. The van der Waals surface area contributed by atoms with Crippen molar-refractivity contribution in [3.63, 3.8) is 0 Å². The molecule has 0 aliphatic carbocycles. The number of anilines is 1. The molecule has 0 spiro atoms. The van der Waals surface area contributed by atoms with Crippen LogP contribution in [-0.2, 0) is 16.6 Å². The Labute approximate surface area is 134 Å². The summed E-state index contributed by atoms with van der Waals surface area (Å²) in [5.41, 5.74) is 1.68. The molecular formula is C15H18N2O5S. The molecule has 0 fully saturated rings. The molecule has 7 nitrogen and oxygen atoms in total. The molecule has 1 aromatic carbocycles. The van der Waals surface area contributed by atoms with Gasteiger partial charge in [0.25, 0.3) is 0 Å². The number of hydrogen-bond acceptors (Lipinski definition) is 5. The van der Waals surface area contributed by atoms with E-state index < -0.39 is 16.0 Å². The van der Waals surface area contributed by atoms with E-state index >= 15 is 0 Å². The Morgan fingerprint density at radius 2 is 2.00 bits per heavy atom. The monoisotopic (exact) mass is 338 g/mol. The van der Waals surface area contributed by atoms with Gasteiger partial charge in [-0.3, -0.25) is 0 Å². The van der Waals surface area contributed by atoms with Gasteiger partial charge in [-0.2, -0.15) is 0 Å². The molecule has 0 bridgehead atoms. The van der Waals surface area contributed by atoms with Gasteiger partial charge in [0.05, 0.1) is 17.7 Å². The zero-order valence-electron chi connectivity index (χ0n) is 13.0. The van der Waals surface area contributed by atoms with Crippen LogP contribution in [0.5, 0.6) is 0 Å². The van der Waals surface area contributed by atoms with Crippen molar-refractivity contribution in [3.05, 3.63) is 47.4 Å². The summed E-state index contributed by atoms with van der Waals surface area (Å²) < 4.78 is 32.1. The second-order valence-electron chi connectivity index (χ2n) is 5.23. The number of hydrogen-bond donors (Lipinski definition) is 2. The van der Waals surface area contributed by atoms with Crippen LogP contribution in [0.3, 0.4) is 0 Å². The number of carboxylic acid groups (broad SMARTS) is 1. The Balaban J connectivity index is 2.24. The van der Waals surface area contributed by atoms with Crippen LogP contribution in [0.2, 0.25) is 0 Å². The normalized spacial score (nSPS) is 11.4. The number of carbonyl (C=O) groups is 1. The number of sulfonamides is 1. The van der Waals surface area contributed by atoms with Gasteiger partial charge in [0, 0.05) is 19.8 Å². The average Bonchev–Trinajstić information content (AvgIpc) is 2.94. The van der Waals surface area contributed by atoms with Gasteiger partial charge in [0.2, 0.25) is 10.0 Å². The maximum absolute atomic E-state index is 12.4. The van der Waals surface area contributed by atoms with Crippen LogP contribution in [0.15, 0.2) is 39.8 Å². The van der Waals surface area contributed by atoms with E-state index in [1.807, 2.05) is 25.9 Å². The van der Waals surface area contributed by atoms with Crippen molar-refractivity contribution in [3.8, 4) is 0 Å². The molecule has 1 aromatic heterocycles. The number of nitrogens with zero attached hydrogens (tertiary/aromatic N) is 1. The fourth-order valence-corrected chi connectivity index (χ4v) is 3.15. The molecule has 0 radical (unpaired) electrons. The standard InChI is InChI=1S/C15H18N2O5S/c1-10-4-5-11(8-13(10)17(2)3)23(20,21)16-9-14-12(15(18)19)6-7-22-14/h4-8,16H,9H2,1-3H3,(H,18,19). The number of furan rings is 1. The molecule has 0 unspecified atom stereocenters. The van der Waals surface area contributed by atoms with E-state index in [4.69, 9.17) is 9.52 Å². The van der Waals surface area contributed by atoms with E-state index in [9.17, 15) is 13.2 Å². The molecular weight excluding hydrogens is 320 g/mol. The van der Waals surface area contributed by atoms with E-state index in [1.54, 1.807) is 12.1 Å². The van der Waals surface area contributed by atoms with Gasteiger partial charge in [-0.15, -0.1) is 0 Å². The summed E-state index contributed by atoms with van der Waals surface area (Å²) in [6.07, 6.45) is 1.21. The Kier molecular flexibility index (Phi) is 4.76. The van der Waals surface area contributed by atoms with Crippen LogP contribution in [0, 0.1) is 6.92 Å². The summed E-state index contributed by atoms with van der Waals surface area (Å²) in [4.78, 5) is 12.9. The van der Waals surface area contributed by atoms with Crippen LogP contribution in [0.1, 0.15) is 21.7 Å². The highest BCUT2D eigenvalue weighted by Crippen LogP contribution is 2.22. The fourth-order valence-electron chi connectivity index (χ4n) is 2.15. The highest BCUT2D eigenvalue weighted by molar-refractivity contribution is 7.89. The van der Waals surface area contributed by atoms with Gasteiger partial charge < -0.3 is 14.4 Å². The highest BCUT2D eigenvalue weighted by Gasteiger charge is 2.19. The number of aromatic carboxylic acids is 1. The summed E-state index contributed by atoms with van der Waals surface area (Å²) >= 11 is 0. The first-order valence-corrected chi connectivity index (χ1v) is 8.28. The van der Waals surface area contributed by atoms with Crippen molar-refractivity contribution in [2.45, 2.75) is 18.4 Å². The third kappa shape index (κ3) is 3.72. The van der Waals surface area contributed by atoms with Crippen molar-refractivity contribution in [2.75, 3.05) is 19.0 Å². The molecule has 0 saturated heterocycles. The first-order valence-electron chi connectivity index (χ1n) is 6.79. The SMILES string of the molecule is Cc1ccc(S(=O)(=O)NCc2occc2C(=O)O)cc1N(C)C. The molecule has 0 aliphatic heterocycles. The molecule has 23 heavy (non-hydrogen) atoms. The first kappa shape index (κ1) is 17.0. The van der Waals surface area contributed by atoms with Gasteiger partial charge in [-0.25, -0.2) is 17.9 Å². The molecule has 0 aliphatic rings. The van der Waals surface area contributed by atoms with Crippen LogP contribution in [-0.4, -0.2) is 33.6 Å². The van der Waals surface area contributed by atoms with Gasteiger partial charge in [0.15, 0.2) is 0 Å². The Hall–Kier alpha value is -2.32. The van der Waals surface area contributed by atoms with Crippen LogP contribution < -0.4 is 9.62 Å². The number of rotatable bonds is 6. The predicted octanol–water partition coefficient (Wildman–Crippen LogP) is 1.83. The van der Waals surface area contributed by atoms with Gasteiger partial charge in [-0.1, -0.05) is 6.07 Å². The van der Waals surface area contributed by atoms with Crippen molar-refractivity contribution >= 4 is 21.7 Å². The fraction of sp³-hybridized carbons (Fsp3) is 0.267. The molecule has 2 aromatic rings. The summed E-state index contributed by atoms with van der Waals surface area (Å²) in [7, 11) is -0.126.